The molecule has 0 aliphatic carbocycles. The first kappa shape index (κ1) is 13.6. The lowest BCUT2D eigenvalue weighted by molar-refractivity contribution is -0.123. The third-order valence-electron chi connectivity index (χ3n) is 2.61. The predicted molar refractivity (Wildman–Crippen MR) is 65.2 cm³/mol. The van der Waals surface area contributed by atoms with Crippen molar-refractivity contribution < 1.29 is 4.79 Å². The minimum atomic E-state index is -0.243. The quantitative estimate of drug-likeness (QED) is 0.744. The zero-order valence-corrected chi connectivity index (χ0v) is 10.9. The van der Waals surface area contributed by atoms with E-state index in [0.29, 0.717) is 12.4 Å². The second-order valence-electron chi connectivity index (χ2n) is 4.25. The van der Waals surface area contributed by atoms with Crippen LogP contribution in [0, 0.1) is 0 Å². The first-order valence-electron chi connectivity index (χ1n) is 5.91. The van der Waals surface area contributed by atoms with Crippen molar-refractivity contribution in [2.24, 2.45) is 7.05 Å². The monoisotopic (exact) mass is 239 g/mol. The number of aromatic nitrogens is 3. The molecule has 6 nitrogen and oxygen atoms in total. The summed E-state index contributed by atoms with van der Waals surface area (Å²) in [5.74, 6) is 0.700. The highest BCUT2D eigenvalue weighted by Crippen LogP contribution is 1.93. The topological polar surface area (TPSA) is 71.8 Å². The highest BCUT2D eigenvalue weighted by molar-refractivity contribution is 5.81. The van der Waals surface area contributed by atoms with E-state index >= 15 is 0 Å². The van der Waals surface area contributed by atoms with Gasteiger partial charge in [0.05, 0.1) is 12.6 Å². The van der Waals surface area contributed by atoms with E-state index in [2.05, 4.69) is 20.7 Å². The minimum Gasteiger partial charge on any atom is -0.352 e. The smallest absolute Gasteiger partial charge is 0.237 e. The van der Waals surface area contributed by atoms with Crippen LogP contribution in [-0.2, 0) is 18.4 Å². The van der Waals surface area contributed by atoms with E-state index in [1.165, 1.54) is 0 Å². The van der Waals surface area contributed by atoms with Crippen molar-refractivity contribution in [3.63, 3.8) is 0 Å². The molecule has 1 heterocycles. The van der Waals surface area contributed by atoms with Gasteiger partial charge < -0.3 is 5.32 Å². The Morgan fingerprint density at radius 3 is 2.76 bits per heavy atom. The van der Waals surface area contributed by atoms with Crippen molar-refractivity contribution in [1.82, 2.24) is 25.4 Å². The van der Waals surface area contributed by atoms with Crippen molar-refractivity contribution >= 4 is 5.91 Å². The third kappa shape index (κ3) is 4.52. The maximum Gasteiger partial charge on any atom is 0.237 e. The summed E-state index contributed by atoms with van der Waals surface area (Å²) in [6.07, 6.45) is 2.57. The van der Waals surface area contributed by atoms with E-state index in [4.69, 9.17) is 0 Å². The fraction of sp³-hybridized carbons (Fsp3) is 0.727. The molecule has 0 aliphatic rings. The number of amides is 1. The van der Waals surface area contributed by atoms with Crippen LogP contribution >= 0.6 is 0 Å². The molecule has 0 fully saturated rings. The Bertz CT molecular complexity index is 362. The van der Waals surface area contributed by atoms with Crippen molar-refractivity contribution in [3.8, 4) is 0 Å². The van der Waals surface area contributed by atoms with Crippen LogP contribution in [0.4, 0.5) is 0 Å². The molecule has 1 aromatic rings. The summed E-state index contributed by atoms with van der Waals surface area (Å²) < 4.78 is 1.64. The molecule has 17 heavy (non-hydrogen) atoms. The SMILES string of the molecule is CCC(C)NC(=O)C(C)NCc1ncn(C)n1. The number of nitrogens with zero attached hydrogens (tertiary/aromatic N) is 3. The fourth-order valence-corrected chi connectivity index (χ4v) is 1.27. The van der Waals surface area contributed by atoms with Gasteiger partial charge in [-0.2, -0.15) is 5.10 Å². The molecule has 2 N–H and O–H groups in total. The van der Waals surface area contributed by atoms with Gasteiger partial charge in [-0.25, -0.2) is 4.98 Å². The van der Waals surface area contributed by atoms with Gasteiger partial charge in [-0.05, 0) is 20.3 Å². The Labute approximate surface area is 102 Å². The predicted octanol–water partition coefficient (Wildman–Crippen LogP) is 0.208. The molecule has 0 spiro atoms. The standard InChI is InChI=1S/C11H21N5O/c1-5-8(2)14-11(17)9(3)12-6-10-13-7-16(4)15-10/h7-9,12H,5-6H2,1-4H3,(H,14,17). The summed E-state index contributed by atoms with van der Waals surface area (Å²) in [5, 5.41) is 10.1. The summed E-state index contributed by atoms with van der Waals surface area (Å²) in [5.41, 5.74) is 0. The summed E-state index contributed by atoms with van der Waals surface area (Å²) in [6, 6.07) is -0.0347. The Kier molecular flexibility index (Phi) is 5.09. The molecule has 0 radical (unpaired) electrons. The molecule has 0 saturated heterocycles. The first-order chi connectivity index (χ1) is 8.02. The lowest BCUT2D eigenvalue weighted by atomic mass is 10.2. The molecule has 0 aliphatic heterocycles. The number of nitrogens with one attached hydrogen (secondary N) is 2. The molecule has 1 aromatic heterocycles. The van der Waals surface area contributed by atoms with Crippen molar-refractivity contribution in [1.29, 1.82) is 0 Å². The normalized spacial score (nSPS) is 14.4. The average molecular weight is 239 g/mol. The van der Waals surface area contributed by atoms with Gasteiger partial charge in [0.1, 0.15) is 6.33 Å². The van der Waals surface area contributed by atoms with Crippen molar-refractivity contribution in [2.45, 2.75) is 45.8 Å². The molecule has 96 valence electrons. The molecule has 2 unspecified atom stereocenters. The Morgan fingerprint density at radius 1 is 1.53 bits per heavy atom. The number of hydrogen-bond acceptors (Lipinski definition) is 4. The van der Waals surface area contributed by atoms with Crippen LogP contribution in [0.15, 0.2) is 6.33 Å². The molecule has 1 amide bonds. The van der Waals surface area contributed by atoms with E-state index in [9.17, 15) is 4.79 Å². The summed E-state index contributed by atoms with van der Waals surface area (Å²) >= 11 is 0. The second kappa shape index (κ2) is 6.34. The minimum absolute atomic E-state index is 0.00952. The molecule has 2 atom stereocenters. The maximum absolute atomic E-state index is 11.7. The van der Waals surface area contributed by atoms with Crippen LogP contribution in [0.5, 0.6) is 0 Å². The van der Waals surface area contributed by atoms with Gasteiger partial charge in [-0.15, -0.1) is 0 Å². The number of hydrogen-bond donors (Lipinski definition) is 2. The summed E-state index contributed by atoms with van der Waals surface area (Å²) in [6.45, 7) is 6.36. The van der Waals surface area contributed by atoms with Gasteiger partial charge in [0.2, 0.25) is 5.91 Å². The maximum atomic E-state index is 11.7. The zero-order valence-electron chi connectivity index (χ0n) is 10.9. The Balaban J connectivity index is 2.33. The van der Waals surface area contributed by atoms with Crippen LogP contribution in [0.3, 0.4) is 0 Å². The van der Waals surface area contributed by atoms with Crippen LogP contribution in [0.1, 0.15) is 33.0 Å². The molecule has 0 saturated carbocycles. The molecule has 1 rings (SSSR count). The van der Waals surface area contributed by atoms with Crippen LogP contribution in [-0.4, -0.2) is 32.8 Å². The lowest BCUT2D eigenvalue weighted by Crippen LogP contribution is -2.45. The Hall–Kier alpha value is -1.43. The Morgan fingerprint density at radius 2 is 2.24 bits per heavy atom. The highest BCUT2D eigenvalue weighted by atomic mass is 16.2. The number of aryl methyl sites for hydroxylation is 1. The van der Waals surface area contributed by atoms with E-state index in [1.54, 1.807) is 11.0 Å². The van der Waals surface area contributed by atoms with E-state index < -0.39 is 0 Å². The van der Waals surface area contributed by atoms with Gasteiger partial charge in [0.25, 0.3) is 0 Å². The van der Waals surface area contributed by atoms with Crippen LogP contribution < -0.4 is 10.6 Å². The summed E-state index contributed by atoms with van der Waals surface area (Å²) in [7, 11) is 1.82. The van der Waals surface area contributed by atoms with Gasteiger partial charge in [-0.1, -0.05) is 6.92 Å². The number of carbonyl (C=O) groups is 1. The number of rotatable bonds is 6. The molecule has 6 heteroatoms. The van der Waals surface area contributed by atoms with Crippen molar-refractivity contribution in [2.75, 3.05) is 0 Å². The van der Waals surface area contributed by atoms with Gasteiger partial charge in [0, 0.05) is 13.1 Å². The number of carbonyl (C=O) groups excluding carboxylic acids is 1. The van der Waals surface area contributed by atoms with Crippen LogP contribution in [0.2, 0.25) is 0 Å². The highest BCUT2D eigenvalue weighted by Gasteiger charge is 2.14. The van der Waals surface area contributed by atoms with E-state index in [0.717, 1.165) is 6.42 Å². The van der Waals surface area contributed by atoms with Gasteiger partial charge >= 0.3 is 0 Å². The van der Waals surface area contributed by atoms with E-state index in [-0.39, 0.29) is 18.0 Å². The summed E-state index contributed by atoms with van der Waals surface area (Å²) in [4.78, 5) is 15.8. The zero-order chi connectivity index (χ0) is 12.8. The van der Waals surface area contributed by atoms with Crippen molar-refractivity contribution in [3.05, 3.63) is 12.2 Å². The largest absolute Gasteiger partial charge is 0.352 e. The molecule has 0 bridgehead atoms. The molecule has 0 aromatic carbocycles. The van der Waals surface area contributed by atoms with E-state index in [1.807, 2.05) is 27.8 Å². The first-order valence-corrected chi connectivity index (χ1v) is 5.91. The molecular weight excluding hydrogens is 218 g/mol. The second-order valence-corrected chi connectivity index (χ2v) is 4.25. The van der Waals surface area contributed by atoms with Gasteiger partial charge in [0.15, 0.2) is 5.82 Å². The fourth-order valence-electron chi connectivity index (χ4n) is 1.27. The molecular formula is C11H21N5O. The van der Waals surface area contributed by atoms with Crippen LogP contribution in [0.25, 0.3) is 0 Å². The van der Waals surface area contributed by atoms with Gasteiger partial charge in [-0.3, -0.25) is 14.8 Å². The third-order valence-corrected chi connectivity index (χ3v) is 2.61. The lowest BCUT2D eigenvalue weighted by Gasteiger charge is -2.16. The average Bonchev–Trinajstić information content (AvgIpc) is 2.71.